The Morgan fingerprint density at radius 2 is 1.65 bits per heavy atom. The molecule has 0 unspecified atom stereocenters. The lowest BCUT2D eigenvalue weighted by atomic mass is 10.2. The van der Waals surface area contributed by atoms with Crippen molar-refractivity contribution in [3.8, 4) is 0 Å². The van der Waals surface area contributed by atoms with Crippen molar-refractivity contribution in [1.29, 1.82) is 0 Å². The summed E-state index contributed by atoms with van der Waals surface area (Å²) >= 11 is 17.6. The van der Waals surface area contributed by atoms with Crippen LogP contribution in [-0.2, 0) is 0 Å². The van der Waals surface area contributed by atoms with E-state index in [0.29, 0.717) is 0 Å². The first-order valence-electron chi connectivity index (χ1n) is 5.39. The molecular weight excluding hydrogens is 326 g/mol. The van der Waals surface area contributed by atoms with Gasteiger partial charge in [0, 0.05) is 5.56 Å². The van der Waals surface area contributed by atoms with E-state index in [-0.39, 0.29) is 32.0 Å². The molecule has 1 amide bonds. The second-order valence-electron chi connectivity index (χ2n) is 3.93. The Kier molecular flexibility index (Phi) is 4.38. The van der Waals surface area contributed by atoms with Crippen LogP contribution in [0.25, 0.3) is 0 Å². The van der Waals surface area contributed by atoms with E-state index < -0.39 is 11.7 Å². The number of amides is 1. The first-order valence-corrected chi connectivity index (χ1v) is 6.53. The highest BCUT2D eigenvalue weighted by molar-refractivity contribution is 6.39. The molecule has 0 aromatic heterocycles. The van der Waals surface area contributed by atoms with Crippen LogP contribution >= 0.6 is 34.8 Å². The topological polar surface area (TPSA) is 55.1 Å². The molecule has 0 bridgehead atoms. The number of hydrogen-bond acceptors (Lipinski definition) is 2. The third-order valence-corrected chi connectivity index (χ3v) is 3.47. The number of rotatable bonds is 2. The SMILES string of the molecule is Nc1c(Cl)cc(C(=O)Nc2cc(F)ccc2Cl)cc1Cl. The van der Waals surface area contributed by atoms with Crippen LogP contribution in [0.4, 0.5) is 15.8 Å². The number of carbonyl (C=O) groups is 1. The third-order valence-electron chi connectivity index (χ3n) is 2.52. The molecule has 20 heavy (non-hydrogen) atoms. The summed E-state index contributed by atoms with van der Waals surface area (Å²) in [7, 11) is 0. The van der Waals surface area contributed by atoms with E-state index in [1.54, 1.807) is 0 Å². The number of halogens is 4. The van der Waals surface area contributed by atoms with Gasteiger partial charge in [-0.1, -0.05) is 34.8 Å². The molecule has 104 valence electrons. The van der Waals surface area contributed by atoms with Crippen LogP contribution < -0.4 is 11.1 Å². The van der Waals surface area contributed by atoms with Gasteiger partial charge in [-0.05, 0) is 30.3 Å². The van der Waals surface area contributed by atoms with Crippen LogP contribution in [0.15, 0.2) is 30.3 Å². The fraction of sp³-hybridized carbons (Fsp3) is 0. The average molecular weight is 334 g/mol. The Morgan fingerprint density at radius 1 is 1.05 bits per heavy atom. The molecule has 2 rings (SSSR count). The molecule has 0 atom stereocenters. The van der Waals surface area contributed by atoms with Crippen LogP contribution in [0.1, 0.15) is 10.4 Å². The van der Waals surface area contributed by atoms with E-state index in [1.165, 1.54) is 24.3 Å². The maximum Gasteiger partial charge on any atom is 0.255 e. The molecule has 0 aliphatic heterocycles. The highest BCUT2D eigenvalue weighted by atomic mass is 35.5. The molecule has 7 heteroatoms. The number of benzene rings is 2. The monoisotopic (exact) mass is 332 g/mol. The van der Waals surface area contributed by atoms with E-state index in [4.69, 9.17) is 40.5 Å². The van der Waals surface area contributed by atoms with Gasteiger partial charge in [0.1, 0.15) is 5.82 Å². The summed E-state index contributed by atoms with van der Waals surface area (Å²) in [6.07, 6.45) is 0. The van der Waals surface area contributed by atoms with Crippen molar-refractivity contribution in [2.75, 3.05) is 11.1 Å². The first kappa shape index (κ1) is 14.9. The van der Waals surface area contributed by atoms with E-state index in [1.807, 2.05) is 0 Å². The molecular formula is C13H8Cl3FN2O. The van der Waals surface area contributed by atoms with Crippen LogP contribution in [0.3, 0.4) is 0 Å². The molecule has 2 aromatic rings. The van der Waals surface area contributed by atoms with Crippen LogP contribution in [0, 0.1) is 5.82 Å². The van der Waals surface area contributed by atoms with Crippen molar-refractivity contribution >= 4 is 52.1 Å². The maximum absolute atomic E-state index is 13.1. The molecule has 2 aromatic carbocycles. The van der Waals surface area contributed by atoms with Crippen molar-refractivity contribution in [3.63, 3.8) is 0 Å². The highest BCUT2D eigenvalue weighted by Crippen LogP contribution is 2.30. The molecule has 0 aliphatic carbocycles. The smallest absolute Gasteiger partial charge is 0.255 e. The van der Waals surface area contributed by atoms with Gasteiger partial charge in [-0.25, -0.2) is 4.39 Å². The summed E-state index contributed by atoms with van der Waals surface area (Å²) in [6, 6.07) is 6.38. The molecule has 0 radical (unpaired) electrons. The lowest BCUT2D eigenvalue weighted by molar-refractivity contribution is 0.102. The largest absolute Gasteiger partial charge is 0.396 e. The zero-order chi connectivity index (χ0) is 14.9. The predicted molar refractivity (Wildman–Crippen MR) is 80.2 cm³/mol. The standard InChI is InChI=1S/C13H8Cl3FN2O/c14-8-2-1-7(17)5-11(8)19-13(20)6-3-9(15)12(18)10(16)4-6/h1-5H,18H2,(H,19,20). The average Bonchev–Trinajstić information content (AvgIpc) is 2.39. The normalized spacial score (nSPS) is 10.4. The van der Waals surface area contributed by atoms with Gasteiger partial charge in [-0.3, -0.25) is 4.79 Å². The fourth-order valence-corrected chi connectivity index (χ4v) is 2.16. The van der Waals surface area contributed by atoms with E-state index >= 15 is 0 Å². The minimum Gasteiger partial charge on any atom is -0.396 e. The van der Waals surface area contributed by atoms with Crippen LogP contribution in [-0.4, -0.2) is 5.91 Å². The Bertz CT molecular complexity index is 668. The Morgan fingerprint density at radius 3 is 2.25 bits per heavy atom. The number of nitrogens with two attached hydrogens (primary N) is 1. The van der Waals surface area contributed by atoms with Crippen molar-refractivity contribution < 1.29 is 9.18 Å². The lowest BCUT2D eigenvalue weighted by Crippen LogP contribution is -2.12. The molecule has 0 aliphatic rings. The van der Waals surface area contributed by atoms with Crippen molar-refractivity contribution in [1.82, 2.24) is 0 Å². The zero-order valence-corrected chi connectivity index (χ0v) is 12.2. The molecule has 3 nitrogen and oxygen atoms in total. The summed E-state index contributed by atoms with van der Waals surface area (Å²) in [6.45, 7) is 0. The summed E-state index contributed by atoms with van der Waals surface area (Å²) in [5.41, 5.74) is 6.11. The minimum atomic E-state index is -0.527. The number of carbonyl (C=O) groups excluding carboxylic acids is 1. The lowest BCUT2D eigenvalue weighted by Gasteiger charge is -2.09. The Labute approximate surface area is 129 Å². The molecule has 0 heterocycles. The van der Waals surface area contributed by atoms with Gasteiger partial charge in [0.15, 0.2) is 0 Å². The van der Waals surface area contributed by atoms with Crippen molar-refractivity contribution in [2.24, 2.45) is 0 Å². The summed E-state index contributed by atoms with van der Waals surface area (Å²) in [4.78, 5) is 12.0. The van der Waals surface area contributed by atoms with Gasteiger partial charge < -0.3 is 11.1 Å². The van der Waals surface area contributed by atoms with Crippen molar-refractivity contribution in [3.05, 3.63) is 56.8 Å². The highest BCUT2D eigenvalue weighted by Gasteiger charge is 2.13. The quantitative estimate of drug-likeness (QED) is 0.788. The van der Waals surface area contributed by atoms with Crippen molar-refractivity contribution in [2.45, 2.75) is 0 Å². The van der Waals surface area contributed by atoms with Gasteiger partial charge in [0.05, 0.1) is 26.4 Å². The van der Waals surface area contributed by atoms with E-state index in [2.05, 4.69) is 5.32 Å². The first-order chi connectivity index (χ1) is 9.38. The molecule has 0 saturated carbocycles. The van der Waals surface area contributed by atoms with E-state index in [0.717, 1.165) is 6.07 Å². The van der Waals surface area contributed by atoms with E-state index in [9.17, 15) is 9.18 Å². The van der Waals surface area contributed by atoms with Gasteiger partial charge in [0.2, 0.25) is 0 Å². The maximum atomic E-state index is 13.1. The van der Waals surface area contributed by atoms with Gasteiger partial charge in [-0.15, -0.1) is 0 Å². The van der Waals surface area contributed by atoms with Gasteiger partial charge in [-0.2, -0.15) is 0 Å². The second-order valence-corrected chi connectivity index (χ2v) is 5.15. The summed E-state index contributed by atoms with van der Waals surface area (Å²) < 4.78 is 13.1. The van der Waals surface area contributed by atoms with Crippen LogP contribution in [0.2, 0.25) is 15.1 Å². The molecule has 0 saturated heterocycles. The van der Waals surface area contributed by atoms with Gasteiger partial charge >= 0.3 is 0 Å². The number of nitrogens with one attached hydrogen (secondary N) is 1. The second kappa shape index (κ2) is 5.87. The predicted octanol–water partition coefficient (Wildman–Crippen LogP) is 4.62. The zero-order valence-electron chi connectivity index (χ0n) is 9.88. The summed E-state index contributed by atoms with van der Waals surface area (Å²) in [5, 5.41) is 3.01. The Hall–Kier alpha value is -1.49. The molecule has 3 N–H and O–H groups in total. The van der Waals surface area contributed by atoms with Gasteiger partial charge in [0.25, 0.3) is 5.91 Å². The third kappa shape index (κ3) is 3.15. The fourth-order valence-electron chi connectivity index (χ4n) is 1.50. The minimum absolute atomic E-state index is 0.153. The summed E-state index contributed by atoms with van der Waals surface area (Å²) in [5.74, 6) is -1.04. The number of hydrogen-bond donors (Lipinski definition) is 2. The molecule has 0 spiro atoms. The molecule has 0 fully saturated rings. The Balaban J connectivity index is 2.31. The number of anilines is 2. The van der Waals surface area contributed by atoms with Crippen LogP contribution in [0.5, 0.6) is 0 Å². The number of nitrogen functional groups attached to an aromatic ring is 1.